The van der Waals surface area contributed by atoms with Crippen molar-refractivity contribution in [2.45, 2.75) is 51.6 Å². The standard InChI is InChI=1S/C19H28FNO3/c1-14(15-4-6-16(20)7-5-15)12-17(22)21-13-18(2,3)19(23)8-10-24-11-9-19/h4-7,14,23H,8-13H2,1-3H3,(H,21,22). The van der Waals surface area contributed by atoms with Gasteiger partial charge in [0.25, 0.3) is 0 Å². The largest absolute Gasteiger partial charge is 0.389 e. The first kappa shape index (κ1) is 18.9. The van der Waals surface area contributed by atoms with Crippen LogP contribution in [0.2, 0.25) is 0 Å². The van der Waals surface area contributed by atoms with Gasteiger partial charge in [0.1, 0.15) is 5.82 Å². The number of halogens is 1. The molecule has 1 aliphatic rings. The van der Waals surface area contributed by atoms with Crippen LogP contribution >= 0.6 is 0 Å². The van der Waals surface area contributed by atoms with Crippen LogP contribution in [0.1, 0.15) is 51.5 Å². The number of hydrogen-bond acceptors (Lipinski definition) is 3. The summed E-state index contributed by atoms with van der Waals surface area (Å²) in [7, 11) is 0. The number of nitrogens with one attached hydrogen (secondary N) is 1. The summed E-state index contributed by atoms with van der Waals surface area (Å²) >= 11 is 0. The molecule has 1 atom stereocenters. The third-order valence-electron chi connectivity index (χ3n) is 5.24. The molecule has 1 unspecified atom stereocenters. The zero-order chi connectivity index (χ0) is 17.8. The van der Waals surface area contributed by atoms with Gasteiger partial charge in [0, 0.05) is 44.4 Å². The van der Waals surface area contributed by atoms with Gasteiger partial charge in [-0.3, -0.25) is 4.79 Å². The van der Waals surface area contributed by atoms with Crippen molar-refractivity contribution < 1.29 is 19.0 Å². The van der Waals surface area contributed by atoms with Gasteiger partial charge in [-0.1, -0.05) is 32.9 Å². The van der Waals surface area contributed by atoms with E-state index < -0.39 is 11.0 Å². The molecule has 2 N–H and O–H groups in total. The maximum Gasteiger partial charge on any atom is 0.220 e. The van der Waals surface area contributed by atoms with Gasteiger partial charge in [0.05, 0.1) is 5.60 Å². The first-order valence-electron chi connectivity index (χ1n) is 8.56. The van der Waals surface area contributed by atoms with Crippen LogP contribution in [0, 0.1) is 11.2 Å². The Morgan fingerprint density at radius 1 is 1.33 bits per heavy atom. The predicted molar refractivity (Wildman–Crippen MR) is 91.2 cm³/mol. The second-order valence-electron chi connectivity index (χ2n) is 7.46. The van der Waals surface area contributed by atoms with E-state index in [-0.39, 0.29) is 17.6 Å². The molecule has 1 fully saturated rings. The molecule has 4 nitrogen and oxygen atoms in total. The fourth-order valence-electron chi connectivity index (χ4n) is 3.13. The Morgan fingerprint density at radius 2 is 1.92 bits per heavy atom. The van der Waals surface area contributed by atoms with Gasteiger partial charge >= 0.3 is 0 Å². The van der Waals surface area contributed by atoms with E-state index in [9.17, 15) is 14.3 Å². The summed E-state index contributed by atoms with van der Waals surface area (Å²) in [6.07, 6.45) is 1.51. The summed E-state index contributed by atoms with van der Waals surface area (Å²) in [5, 5.41) is 13.8. The highest BCUT2D eigenvalue weighted by Gasteiger charge is 2.44. The van der Waals surface area contributed by atoms with Gasteiger partial charge in [-0.05, 0) is 23.6 Å². The van der Waals surface area contributed by atoms with Crippen molar-refractivity contribution >= 4 is 5.91 Å². The van der Waals surface area contributed by atoms with Crippen LogP contribution < -0.4 is 5.32 Å². The van der Waals surface area contributed by atoms with E-state index in [1.54, 1.807) is 12.1 Å². The van der Waals surface area contributed by atoms with Gasteiger partial charge < -0.3 is 15.2 Å². The summed E-state index contributed by atoms with van der Waals surface area (Å²) in [6.45, 7) is 7.41. The van der Waals surface area contributed by atoms with E-state index in [1.165, 1.54) is 12.1 Å². The number of hydrogen-bond donors (Lipinski definition) is 2. The molecule has 1 heterocycles. The molecule has 0 saturated carbocycles. The summed E-state index contributed by atoms with van der Waals surface area (Å²) in [4.78, 5) is 12.2. The number of carbonyl (C=O) groups is 1. The second kappa shape index (κ2) is 7.62. The highest BCUT2D eigenvalue weighted by Crippen LogP contribution is 2.38. The molecule has 2 rings (SSSR count). The minimum Gasteiger partial charge on any atom is -0.389 e. The Hall–Kier alpha value is -1.46. The molecule has 1 aromatic rings. The molecule has 0 bridgehead atoms. The SMILES string of the molecule is CC(CC(=O)NCC(C)(C)C1(O)CCOCC1)c1ccc(F)cc1. The zero-order valence-corrected chi connectivity index (χ0v) is 14.8. The highest BCUT2D eigenvalue weighted by atomic mass is 19.1. The monoisotopic (exact) mass is 337 g/mol. The quantitative estimate of drug-likeness (QED) is 0.839. The lowest BCUT2D eigenvalue weighted by atomic mass is 9.70. The van der Waals surface area contributed by atoms with Crippen molar-refractivity contribution in [2.24, 2.45) is 5.41 Å². The number of amides is 1. The molecule has 1 saturated heterocycles. The average molecular weight is 337 g/mol. The van der Waals surface area contributed by atoms with E-state index in [2.05, 4.69) is 5.32 Å². The smallest absolute Gasteiger partial charge is 0.220 e. The van der Waals surface area contributed by atoms with Crippen LogP contribution in [0.15, 0.2) is 24.3 Å². The van der Waals surface area contributed by atoms with Gasteiger partial charge in [-0.15, -0.1) is 0 Å². The second-order valence-corrected chi connectivity index (χ2v) is 7.46. The topological polar surface area (TPSA) is 58.6 Å². The maximum atomic E-state index is 13.0. The lowest BCUT2D eigenvalue weighted by Crippen LogP contribution is -2.53. The van der Waals surface area contributed by atoms with Crippen LogP contribution in [0.3, 0.4) is 0 Å². The molecular weight excluding hydrogens is 309 g/mol. The molecule has 1 aliphatic heterocycles. The Balaban J connectivity index is 1.86. The predicted octanol–water partition coefficient (Wildman–Crippen LogP) is 3.00. The number of benzene rings is 1. The molecule has 0 aliphatic carbocycles. The first-order valence-corrected chi connectivity index (χ1v) is 8.56. The number of aliphatic hydroxyl groups is 1. The molecule has 1 aromatic carbocycles. The third-order valence-corrected chi connectivity index (χ3v) is 5.24. The summed E-state index contributed by atoms with van der Waals surface area (Å²) < 4.78 is 18.3. The Bertz CT molecular complexity index is 550. The normalized spacial score (nSPS) is 18.9. The van der Waals surface area contributed by atoms with Crippen LogP contribution in [-0.2, 0) is 9.53 Å². The number of ether oxygens (including phenoxy) is 1. The van der Waals surface area contributed by atoms with Gasteiger partial charge in [0.2, 0.25) is 5.91 Å². The lowest BCUT2D eigenvalue weighted by molar-refractivity contribution is -0.136. The van der Waals surface area contributed by atoms with E-state index in [0.717, 1.165) is 5.56 Å². The molecule has 0 aromatic heterocycles. The summed E-state index contributed by atoms with van der Waals surface area (Å²) in [5.74, 6) is -0.322. The van der Waals surface area contributed by atoms with Crippen LogP contribution in [-0.4, -0.2) is 36.4 Å². The van der Waals surface area contributed by atoms with Crippen molar-refractivity contribution in [1.82, 2.24) is 5.32 Å². The Kier molecular flexibility index (Phi) is 5.99. The minimum absolute atomic E-state index is 0.0138. The molecule has 0 radical (unpaired) electrons. The van der Waals surface area contributed by atoms with Crippen molar-refractivity contribution in [1.29, 1.82) is 0 Å². The van der Waals surface area contributed by atoms with E-state index in [1.807, 2.05) is 20.8 Å². The van der Waals surface area contributed by atoms with E-state index in [0.29, 0.717) is 39.0 Å². The molecular formula is C19H28FNO3. The Morgan fingerprint density at radius 3 is 2.50 bits per heavy atom. The van der Waals surface area contributed by atoms with Gasteiger partial charge in [-0.2, -0.15) is 0 Å². The fourth-order valence-corrected chi connectivity index (χ4v) is 3.13. The van der Waals surface area contributed by atoms with Crippen LogP contribution in [0.4, 0.5) is 4.39 Å². The van der Waals surface area contributed by atoms with Gasteiger partial charge in [0.15, 0.2) is 0 Å². The Labute approximate surface area is 143 Å². The van der Waals surface area contributed by atoms with Crippen molar-refractivity contribution in [3.05, 3.63) is 35.6 Å². The highest BCUT2D eigenvalue weighted by molar-refractivity contribution is 5.76. The van der Waals surface area contributed by atoms with Gasteiger partial charge in [-0.25, -0.2) is 4.39 Å². The van der Waals surface area contributed by atoms with Crippen molar-refractivity contribution in [2.75, 3.05) is 19.8 Å². The van der Waals surface area contributed by atoms with Crippen LogP contribution in [0.25, 0.3) is 0 Å². The molecule has 134 valence electrons. The third kappa shape index (κ3) is 4.54. The first-order chi connectivity index (χ1) is 11.2. The molecule has 1 amide bonds. The average Bonchev–Trinajstić information content (AvgIpc) is 2.54. The number of carbonyl (C=O) groups excluding carboxylic acids is 1. The molecule has 0 spiro atoms. The van der Waals surface area contributed by atoms with E-state index in [4.69, 9.17) is 4.74 Å². The maximum absolute atomic E-state index is 13.0. The lowest BCUT2D eigenvalue weighted by Gasteiger charge is -2.45. The fraction of sp³-hybridized carbons (Fsp3) is 0.632. The zero-order valence-electron chi connectivity index (χ0n) is 14.8. The number of rotatable bonds is 6. The molecule has 5 heteroatoms. The molecule has 24 heavy (non-hydrogen) atoms. The summed E-state index contributed by atoms with van der Waals surface area (Å²) in [6, 6.07) is 6.24. The van der Waals surface area contributed by atoms with Crippen molar-refractivity contribution in [3.63, 3.8) is 0 Å². The summed E-state index contributed by atoms with van der Waals surface area (Å²) in [5.41, 5.74) is -0.305. The van der Waals surface area contributed by atoms with Crippen molar-refractivity contribution in [3.8, 4) is 0 Å². The van der Waals surface area contributed by atoms with E-state index >= 15 is 0 Å². The minimum atomic E-state index is -0.818. The van der Waals surface area contributed by atoms with Crippen LogP contribution in [0.5, 0.6) is 0 Å².